The minimum absolute atomic E-state index is 0.0490. The number of nitrogens with zero attached hydrogens (tertiary/aromatic N) is 1. The Labute approximate surface area is 181 Å². The fourth-order valence-electron chi connectivity index (χ4n) is 4.54. The number of benzene rings is 1. The Bertz CT molecular complexity index is 943. The van der Waals surface area contributed by atoms with E-state index >= 15 is 0 Å². The van der Waals surface area contributed by atoms with Crippen LogP contribution in [0, 0.1) is 17.7 Å². The van der Waals surface area contributed by atoms with Crippen molar-refractivity contribution in [3.63, 3.8) is 0 Å². The van der Waals surface area contributed by atoms with Crippen LogP contribution in [0.5, 0.6) is 0 Å². The monoisotopic (exact) mass is 425 g/mol. The largest absolute Gasteiger partial charge is 0.481 e. The van der Waals surface area contributed by atoms with Gasteiger partial charge in [0.05, 0.1) is 24.7 Å². The first-order valence-electron chi connectivity index (χ1n) is 10.9. The molecule has 0 aromatic heterocycles. The van der Waals surface area contributed by atoms with E-state index in [1.165, 1.54) is 12.1 Å². The second-order valence-corrected chi connectivity index (χ2v) is 8.65. The fraction of sp³-hybridized carbons (Fsp3) is 0.440. The number of aliphatic imine (C=N–C) groups is 1. The number of carboxylic acid groups (broad SMARTS) is 1. The van der Waals surface area contributed by atoms with Gasteiger partial charge in [0.1, 0.15) is 5.82 Å². The summed E-state index contributed by atoms with van der Waals surface area (Å²) in [6.07, 6.45) is 9.18. The van der Waals surface area contributed by atoms with E-state index in [2.05, 4.69) is 12.2 Å². The van der Waals surface area contributed by atoms with Crippen LogP contribution in [-0.4, -0.2) is 45.3 Å². The number of fused-ring (bicyclic) bond motifs is 1. The lowest BCUT2D eigenvalue weighted by atomic mass is 9.74. The zero-order chi connectivity index (χ0) is 22.0. The highest BCUT2D eigenvalue weighted by Gasteiger charge is 2.38. The van der Waals surface area contributed by atoms with Crippen LogP contribution in [0.3, 0.4) is 0 Å². The van der Waals surface area contributed by atoms with Crippen LogP contribution in [-0.2, 0) is 4.79 Å². The third-order valence-electron chi connectivity index (χ3n) is 6.17. The second kappa shape index (κ2) is 9.28. The van der Waals surface area contributed by atoms with E-state index in [0.717, 1.165) is 48.1 Å². The molecular formula is C25H28FNO4. The zero-order valence-electron chi connectivity index (χ0n) is 17.3. The Morgan fingerprint density at radius 1 is 1.16 bits per heavy atom. The van der Waals surface area contributed by atoms with Crippen molar-refractivity contribution < 1.29 is 24.5 Å². The molecule has 4 unspecified atom stereocenters. The second-order valence-electron chi connectivity index (χ2n) is 8.65. The highest BCUT2D eigenvalue weighted by molar-refractivity contribution is 6.12. The van der Waals surface area contributed by atoms with Crippen molar-refractivity contribution in [1.82, 2.24) is 0 Å². The summed E-state index contributed by atoms with van der Waals surface area (Å²) >= 11 is 0. The highest BCUT2D eigenvalue weighted by atomic mass is 19.1. The lowest BCUT2D eigenvalue weighted by Crippen LogP contribution is -2.30. The molecular weight excluding hydrogens is 397 g/mol. The van der Waals surface area contributed by atoms with Gasteiger partial charge in [0.2, 0.25) is 0 Å². The van der Waals surface area contributed by atoms with E-state index in [1.54, 1.807) is 18.2 Å². The van der Waals surface area contributed by atoms with Crippen LogP contribution >= 0.6 is 0 Å². The number of rotatable bonds is 8. The van der Waals surface area contributed by atoms with Crippen LogP contribution in [0.1, 0.15) is 44.1 Å². The number of aliphatic hydroxyl groups excluding tert-OH is 2. The molecule has 1 aliphatic heterocycles. The molecule has 1 fully saturated rings. The van der Waals surface area contributed by atoms with E-state index in [1.807, 2.05) is 6.08 Å². The third-order valence-corrected chi connectivity index (χ3v) is 6.17. The number of aliphatic carboxylic acids is 1. The average Bonchev–Trinajstić information content (AvgIpc) is 3.56. The van der Waals surface area contributed by atoms with Crippen molar-refractivity contribution >= 4 is 17.3 Å². The Balaban J connectivity index is 1.70. The van der Waals surface area contributed by atoms with E-state index in [-0.39, 0.29) is 24.2 Å². The van der Waals surface area contributed by atoms with Gasteiger partial charge in [-0.3, -0.25) is 9.79 Å². The molecule has 4 rings (SSSR count). The average molecular weight is 426 g/mol. The summed E-state index contributed by atoms with van der Waals surface area (Å²) in [6.45, 7) is 0. The summed E-state index contributed by atoms with van der Waals surface area (Å²) in [5, 5.41) is 29.0. The van der Waals surface area contributed by atoms with Crippen molar-refractivity contribution in [2.24, 2.45) is 16.8 Å². The predicted molar refractivity (Wildman–Crippen MR) is 117 cm³/mol. The predicted octanol–water partition coefficient (Wildman–Crippen LogP) is 3.92. The number of allylic oxidation sites excluding steroid dienone is 3. The summed E-state index contributed by atoms with van der Waals surface area (Å²) in [4.78, 5) is 15.9. The molecule has 0 spiro atoms. The van der Waals surface area contributed by atoms with E-state index in [4.69, 9.17) is 10.1 Å². The quantitative estimate of drug-likeness (QED) is 0.551. The third kappa shape index (κ3) is 5.20. The maximum atomic E-state index is 13.6. The van der Waals surface area contributed by atoms with Gasteiger partial charge in [-0.2, -0.15) is 0 Å². The molecule has 3 aliphatic rings. The lowest BCUT2D eigenvalue weighted by Gasteiger charge is -2.35. The summed E-state index contributed by atoms with van der Waals surface area (Å²) in [6, 6.07) is 6.71. The van der Waals surface area contributed by atoms with Crippen LogP contribution < -0.4 is 0 Å². The maximum absolute atomic E-state index is 13.6. The molecule has 1 saturated carbocycles. The molecule has 2 aliphatic carbocycles. The van der Waals surface area contributed by atoms with Gasteiger partial charge in [-0.05, 0) is 54.5 Å². The first kappa shape index (κ1) is 21.7. The van der Waals surface area contributed by atoms with Crippen LogP contribution in [0.4, 0.5) is 4.39 Å². The van der Waals surface area contributed by atoms with Crippen LogP contribution in [0.15, 0.2) is 59.1 Å². The topological polar surface area (TPSA) is 90.1 Å². The first-order chi connectivity index (χ1) is 14.9. The normalized spacial score (nSPS) is 25.3. The summed E-state index contributed by atoms with van der Waals surface area (Å²) < 4.78 is 13.6. The number of carboxylic acids is 1. The molecule has 1 aromatic rings. The van der Waals surface area contributed by atoms with E-state index in [9.17, 15) is 19.4 Å². The van der Waals surface area contributed by atoms with Crippen molar-refractivity contribution in [1.29, 1.82) is 0 Å². The Morgan fingerprint density at radius 3 is 2.55 bits per heavy atom. The Hall–Kier alpha value is -2.57. The number of hydrogen-bond donors (Lipinski definition) is 3. The molecule has 6 heteroatoms. The van der Waals surface area contributed by atoms with E-state index < -0.39 is 24.6 Å². The van der Waals surface area contributed by atoms with E-state index in [0.29, 0.717) is 5.92 Å². The Kier molecular flexibility index (Phi) is 6.49. The maximum Gasteiger partial charge on any atom is 0.305 e. The standard InChI is InChI=1S/C25H28FNO4/c26-17-9-7-15(8-10-17)24-20-3-1-2-4-22(20)27-25(16-5-6-16)21(24)12-11-18(28)13-19(29)14-23(30)31/h1-2,7-12,16,18-20,22,28-29H,3-6,13-14H2,(H,30,31). The molecule has 164 valence electrons. The van der Waals surface area contributed by atoms with Crippen molar-refractivity contribution in [3.05, 3.63) is 65.5 Å². The van der Waals surface area contributed by atoms with Gasteiger partial charge >= 0.3 is 5.97 Å². The van der Waals surface area contributed by atoms with Crippen LogP contribution in [0.25, 0.3) is 5.57 Å². The van der Waals surface area contributed by atoms with Crippen molar-refractivity contribution in [2.75, 3.05) is 0 Å². The first-order valence-corrected chi connectivity index (χ1v) is 10.9. The number of dihydropyridines is 1. The number of carbonyl (C=O) groups is 1. The highest BCUT2D eigenvalue weighted by Crippen LogP contribution is 2.45. The molecule has 5 nitrogen and oxygen atoms in total. The van der Waals surface area contributed by atoms with Gasteiger partial charge in [-0.1, -0.05) is 36.4 Å². The summed E-state index contributed by atoms with van der Waals surface area (Å²) in [7, 11) is 0. The van der Waals surface area contributed by atoms with Gasteiger partial charge in [0.15, 0.2) is 0 Å². The molecule has 0 amide bonds. The van der Waals surface area contributed by atoms with Crippen molar-refractivity contribution in [2.45, 2.75) is 56.8 Å². The number of hydrogen-bond acceptors (Lipinski definition) is 4. The van der Waals surface area contributed by atoms with Crippen molar-refractivity contribution in [3.8, 4) is 0 Å². The molecule has 31 heavy (non-hydrogen) atoms. The number of halogens is 1. The molecule has 1 aromatic carbocycles. The molecule has 0 radical (unpaired) electrons. The van der Waals surface area contributed by atoms with Gasteiger partial charge in [0, 0.05) is 24.0 Å². The fourth-order valence-corrected chi connectivity index (χ4v) is 4.54. The smallest absolute Gasteiger partial charge is 0.305 e. The van der Waals surface area contributed by atoms with Gasteiger partial charge in [0.25, 0.3) is 0 Å². The van der Waals surface area contributed by atoms with Crippen LogP contribution in [0.2, 0.25) is 0 Å². The molecule has 3 N–H and O–H groups in total. The van der Waals surface area contributed by atoms with Gasteiger partial charge in [-0.25, -0.2) is 4.39 Å². The minimum Gasteiger partial charge on any atom is -0.481 e. The number of aliphatic hydroxyl groups is 2. The SMILES string of the molecule is O=C(O)CC(O)CC(O)C=CC1=C(c2ccc(F)cc2)C2CC=CCC2N=C1C1CC1. The molecule has 0 bridgehead atoms. The summed E-state index contributed by atoms with van der Waals surface area (Å²) in [5.41, 5.74) is 4.10. The Morgan fingerprint density at radius 2 is 1.87 bits per heavy atom. The lowest BCUT2D eigenvalue weighted by molar-refractivity contribution is -0.139. The van der Waals surface area contributed by atoms with Gasteiger partial charge in [-0.15, -0.1) is 0 Å². The zero-order valence-corrected chi connectivity index (χ0v) is 17.3. The summed E-state index contributed by atoms with van der Waals surface area (Å²) in [5.74, 6) is -0.794. The molecule has 1 heterocycles. The minimum atomic E-state index is -1.11. The molecule has 0 saturated heterocycles. The van der Waals surface area contributed by atoms with Gasteiger partial charge < -0.3 is 15.3 Å². The molecule has 4 atom stereocenters.